The SMILES string of the molecule is Cc1cc(C(=O)OCC(=O)NC2(C#N)CCCCC2)on1. The zero-order valence-corrected chi connectivity index (χ0v) is 11.8. The Morgan fingerprint density at radius 1 is 1.48 bits per heavy atom. The van der Waals surface area contributed by atoms with E-state index in [-0.39, 0.29) is 5.76 Å². The van der Waals surface area contributed by atoms with Crippen LogP contribution in [0.5, 0.6) is 0 Å². The first-order chi connectivity index (χ1) is 10.0. The van der Waals surface area contributed by atoms with Crippen LogP contribution in [0.4, 0.5) is 0 Å². The first-order valence-electron chi connectivity index (χ1n) is 6.87. The van der Waals surface area contributed by atoms with Crippen molar-refractivity contribution in [2.45, 2.75) is 44.6 Å². The van der Waals surface area contributed by atoms with E-state index < -0.39 is 24.0 Å². The summed E-state index contributed by atoms with van der Waals surface area (Å²) >= 11 is 0. The minimum Gasteiger partial charge on any atom is -0.450 e. The highest BCUT2D eigenvalue weighted by Crippen LogP contribution is 2.27. The Balaban J connectivity index is 1.84. The van der Waals surface area contributed by atoms with Crippen molar-refractivity contribution in [3.8, 4) is 6.07 Å². The lowest BCUT2D eigenvalue weighted by Crippen LogP contribution is -2.50. The molecular formula is C14H17N3O4. The lowest BCUT2D eigenvalue weighted by molar-refractivity contribution is -0.126. The molecule has 0 spiro atoms. The molecule has 0 saturated heterocycles. The zero-order chi connectivity index (χ0) is 15.3. The second-order valence-corrected chi connectivity index (χ2v) is 5.21. The van der Waals surface area contributed by atoms with Gasteiger partial charge in [-0.3, -0.25) is 4.79 Å². The van der Waals surface area contributed by atoms with Crippen LogP contribution in [0.1, 0.15) is 48.4 Å². The molecule has 1 amide bonds. The van der Waals surface area contributed by atoms with Crippen LogP contribution in [0, 0.1) is 18.3 Å². The molecule has 7 nitrogen and oxygen atoms in total. The predicted molar refractivity (Wildman–Crippen MR) is 71.1 cm³/mol. The second kappa shape index (κ2) is 6.39. The zero-order valence-electron chi connectivity index (χ0n) is 11.8. The molecule has 1 saturated carbocycles. The maximum Gasteiger partial charge on any atom is 0.377 e. The van der Waals surface area contributed by atoms with Gasteiger partial charge >= 0.3 is 5.97 Å². The largest absolute Gasteiger partial charge is 0.450 e. The molecular weight excluding hydrogens is 274 g/mol. The molecule has 0 aromatic carbocycles. The van der Waals surface area contributed by atoms with E-state index in [1.165, 1.54) is 6.07 Å². The smallest absolute Gasteiger partial charge is 0.377 e. The number of ether oxygens (including phenoxy) is 1. The lowest BCUT2D eigenvalue weighted by Gasteiger charge is -2.31. The maximum absolute atomic E-state index is 11.8. The van der Waals surface area contributed by atoms with Crippen molar-refractivity contribution in [2.75, 3.05) is 6.61 Å². The van der Waals surface area contributed by atoms with Crippen molar-refractivity contribution in [2.24, 2.45) is 0 Å². The van der Waals surface area contributed by atoms with E-state index in [0.29, 0.717) is 18.5 Å². The summed E-state index contributed by atoms with van der Waals surface area (Å²) in [4.78, 5) is 23.4. The number of aryl methyl sites for hydroxylation is 1. The van der Waals surface area contributed by atoms with Gasteiger partial charge in [0.15, 0.2) is 6.61 Å². The third-order valence-electron chi connectivity index (χ3n) is 3.46. The standard InChI is InChI=1S/C14H17N3O4/c1-10-7-11(21-17-10)13(19)20-8-12(18)16-14(9-15)5-3-2-4-6-14/h7H,2-6,8H2,1H3,(H,16,18). The molecule has 1 heterocycles. The molecule has 1 aromatic heterocycles. The topological polar surface area (TPSA) is 105 Å². The van der Waals surface area contributed by atoms with Crippen LogP contribution in [-0.2, 0) is 9.53 Å². The number of amides is 1. The van der Waals surface area contributed by atoms with Crippen molar-refractivity contribution < 1.29 is 18.8 Å². The molecule has 112 valence electrons. The molecule has 0 unspecified atom stereocenters. The molecule has 7 heteroatoms. The van der Waals surface area contributed by atoms with Crippen molar-refractivity contribution in [1.82, 2.24) is 10.5 Å². The van der Waals surface area contributed by atoms with Crippen molar-refractivity contribution in [3.05, 3.63) is 17.5 Å². The fourth-order valence-electron chi connectivity index (χ4n) is 2.39. The molecule has 2 rings (SSSR count). The average Bonchev–Trinajstić information content (AvgIpc) is 2.92. The monoisotopic (exact) mass is 291 g/mol. The van der Waals surface area contributed by atoms with E-state index in [0.717, 1.165) is 19.3 Å². The molecule has 1 fully saturated rings. The summed E-state index contributed by atoms with van der Waals surface area (Å²) in [7, 11) is 0. The van der Waals surface area contributed by atoms with Gasteiger partial charge in [-0.25, -0.2) is 4.79 Å². The Morgan fingerprint density at radius 2 is 2.19 bits per heavy atom. The summed E-state index contributed by atoms with van der Waals surface area (Å²) in [6, 6.07) is 3.60. The number of hydrogen-bond donors (Lipinski definition) is 1. The van der Waals surface area contributed by atoms with Crippen LogP contribution >= 0.6 is 0 Å². The van der Waals surface area contributed by atoms with Gasteiger partial charge in [0, 0.05) is 6.07 Å². The number of aromatic nitrogens is 1. The normalized spacial score (nSPS) is 16.8. The van der Waals surface area contributed by atoms with Gasteiger partial charge < -0.3 is 14.6 Å². The van der Waals surface area contributed by atoms with Gasteiger partial charge in [-0.2, -0.15) is 5.26 Å². The van der Waals surface area contributed by atoms with E-state index in [1.54, 1.807) is 6.92 Å². The van der Waals surface area contributed by atoms with Gasteiger partial charge in [0.05, 0.1) is 11.8 Å². The van der Waals surface area contributed by atoms with E-state index >= 15 is 0 Å². The Bertz CT molecular complexity index is 567. The fourth-order valence-corrected chi connectivity index (χ4v) is 2.39. The summed E-state index contributed by atoms with van der Waals surface area (Å²) < 4.78 is 9.58. The second-order valence-electron chi connectivity index (χ2n) is 5.21. The highest BCUT2D eigenvalue weighted by Gasteiger charge is 2.33. The van der Waals surface area contributed by atoms with Crippen LogP contribution in [0.2, 0.25) is 0 Å². The number of carbonyl (C=O) groups is 2. The summed E-state index contributed by atoms with van der Waals surface area (Å²) in [5.41, 5.74) is -0.276. The number of carbonyl (C=O) groups excluding carboxylic acids is 2. The average molecular weight is 291 g/mol. The quantitative estimate of drug-likeness (QED) is 0.842. The highest BCUT2D eigenvalue weighted by atomic mass is 16.6. The molecule has 0 bridgehead atoms. The molecule has 1 aliphatic carbocycles. The van der Waals surface area contributed by atoms with Crippen LogP contribution in [0.3, 0.4) is 0 Å². The first-order valence-corrected chi connectivity index (χ1v) is 6.87. The summed E-state index contributed by atoms with van der Waals surface area (Å²) in [5, 5.41) is 15.5. The van der Waals surface area contributed by atoms with E-state index in [4.69, 9.17) is 9.26 Å². The Labute approximate surface area is 122 Å². The number of nitrogens with zero attached hydrogens (tertiary/aromatic N) is 2. The van der Waals surface area contributed by atoms with Gasteiger partial charge in [-0.1, -0.05) is 24.4 Å². The van der Waals surface area contributed by atoms with Crippen LogP contribution in [0.25, 0.3) is 0 Å². The van der Waals surface area contributed by atoms with Crippen molar-refractivity contribution >= 4 is 11.9 Å². The Morgan fingerprint density at radius 3 is 2.76 bits per heavy atom. The highest BCUT2D eigenvalue weighted by molar-refractivity contribution is 5.89. The van der Waals surface area contributed by atoms with Gasteiger partial charge in [0.2, 0.25) is 5.76 Å². The van der Waals surface area contributed by atoms with Gasteiger partial charge in [-0.05, 0) is 19.8 Å². The summed E-state index contributed by atoms with van der Waals surface area (Å²) in [6.07, 6.45) is 4.14. The Hall–Kier alpha value is -2.36. The number of rotatable bonds is 4. The summed E-state index contributed by atoms with van der Waals surface area (Å²) in [5.74, 6) is -1.28. The van der Waals surface area contributed by atoms with Crippen molar-refractivity contribution in [1.29, 1.82) is 5.26 Å². The number of esters is 1. The van der Waals surface area contributed by atoms with E-state index in [9.17, 15) is 14.9 Å². The molecule has 1 N–H and O–H groups in total. The third-order valence-corrected chi connectivity index (χ3v) is 3.46. The number of hydrogen-bond acceptors (Lipinski definition) is 6. The lowest BCUT2D eigenvalue weighted by atomic mass is 9.83. The number of nitrogens with one attached hydrogen (secondary N) is 1. The van der Waals surface area contributed by atoms with Gasteiger partial charge in [0.1, 0.15) is 5.54 Å². The molecule has 1 aromatic rings. The van der Waals surface area contributed by atoms with Crippen molar-refractivity contribution in [3.63, 3.8) is 0 Å². The van der Waals surface area contributed by atoms with E-state index in [2.05, 4.69) is 16.5 Å². The minimum absolute atomic E-state index is 0.0482. The van der Waals surface area contributed by atoms with Gasteiger partial charge in [-0.15, -0.1) is 0 Å². The Kier molecular flexibility index (Phi) is 4.58. The fraction of sp³-hybridized carbons (Fsp3) is 0.571. The van der Waals surface area contributed by atoms with Gasteiger partial charge in [0.25, 0.3) is 5.91 Å². The molecule has 0 aliphatic heterocycles. The first kappa shape index (κ1) is 15.0. The summed E-state index contributed by atoms with van der Waals surface area (Å²) in [6.45, 7) is 1.23. The number of nitriles is 1. The predicted octanol–water partition coefficient (Wildman–Crippen LogP) is 1.48. The maximum atomic E-state index is 11.8. The van der Waals surface area contributed by atoms with Crippen LogP contribution in [0.15, 0.2) is 10.6 Å². The molecule has 0 radical (unpaired) electrons. The molecule has 0 atom stereocenters. The minimum atomic E-state index is -0.829. The molecule has 1 aliphatic rings. The van der Waals surface area contributed by atoms with Crippen LogP contribution in [-0.4, -0.2) is 29.2 Å². The third kappa shape index (κ3) is 3.81. The molecule has 21 heavy (non-hydrogen) atoms. The van der Waals surface area contributed by atoms with E-state index in [1.807, 2.05) is 0 Å². The van der Waals surface area contributed by atoms with Crippen LogP contribution < -0.4 is 5.32 Å².